The standard InChI is InChI=1S/C7H15N3O2/c11-4-3-10-7(12)6-5-8-1-2-9-6/h6,8-9,11H,1-5H2,(H,10,12)/t6-/m0/s1. The van der Waals surface area contributed by atoms with Gasteiger partial charge in [0, 0.05) is 26.2 Å². The van der Waals surface area contributed by atoms with Crippen molar-refractivity contribution in [3.63, 3.8) is 0 Å². The topological polar surface area (TPSA) is 73.4 Å². The largest absolute Gasteiger partial charge is 0.395 e. The molecule has 1 atom stereocenters. The molecule has 0 aromatic rings. The zero-order valence-corrected chi connectivity index (χ0v) is 6.97. The van der Waals surface area contributed by atoms with Crippen molar-refractivity contribution in [3.8, 4) is 0 Å². The number of aliphatic hydroxyl groups excluding tert-OH is 1. The summed E-state index contributed by atoms with van der Waals surface area (Å²) in [6.07, 6.45) is 0. The van der Waals surface area contributed by atoms with Crippen LogP contribution in [-0.2, 0) is 4.79 Å². The van der Waals surface area contributed by atoms with Crippen LogP contribution in [0.25, 0.3) is 0 Å². The Morgan fingerprint density at radius 2 is 2.42 bits per heavy atom. The molecule has 0 bridgehead atoms. The van der Waals surface area contributed by atoms with Gasteiger partial charge in [0.15, 0.2) is 0 Å². The second-order valence-corrected chi connectivity index (χ2v) is 2.73. The minimum Gasteiger partial charge on any atom is -0.395 e. The Bertz CT molecular complexity index is 146. The summed E-state index contributed by atoms with van der Waals surface area (Å²) in [5, 5.41) is 17.3. The average molecular weight is 173 g/mol. The minimum absolute atomic E-state index is 0.00805. The van der Waals surface area contributed by atoms with E-state index >= 15 is 0 Å². The van der Waals surface area contributed by atoms with E-state index in [-0.39, 0.29) is 18.6 Å². The van der Waals surface area contributed by atoms with Gasteiger partial charge in [-0.3, -0.25) is 4.79 Å². The maximum atomic E-state index is 11.2. The monoisotopic (exact) mass is 173 g/mol. The fourth-order valence-corrected chi connectivity index (χ4v) is 1.14. The Labute approximate surface area is 71.5 Å². The Kier molecular flexibility index (Phi) is 3.99. The van der Waals surface area contributed by atoms with Crippen LogP contribution in [0.4, 0.5) is 0 Å². The van der Waals surface area contributed by atoms with Crippen molar-refractivity contribution in [2.75, 3.05) is 32.8 Å². The van der Waals surface area contributed by atoms with E-state index in [9.17, 15) is 4.79 Å². The molecule has 1 rings (SSSR count). The lowest BCUT2D eigenvalue weighted by Gasteiger charge is -2.23. The van der Waals surface area contributed by atoms with Gasteiger partial charge in [0.05, 0.1) is 12.6 Å². The van der Waals surface area contributed by atoms with Crippen molar-refractivity contribution < 1.29 is 9.90 Å². The SMILES string of the molecule is O=C(NCCO)[C@@H]1CNCCN1. The third-order valence-corrected chi connectivity index (χ3v) is 1.77. The van der Waals surface area contributed by atoms with Gasteiger partial charge in [-0.15, -0.1) is 0 Å². The molecule has 1 amide bonds. The lowest BCUT2D eigenvalue weighted by atomic mass is 10.2. The van der Waals surface area contributed by atoms with Gasteiger partial charge in [-0.25, -0.2) is 0 Å². The number of amides is 1. The Morgan fingerprint density at radius 3 is 3.00 bits per heavy atom. The van der Waals surface area contributed by atoms with Crippen molar-refractivity contribution >= 4 is 5.91 Å². The zero-order valence-electron chi connectivity index (χ0n) is 6.97. The Hall–Kier alpha value is -0.650. The van der Waals surface area contributed by atoms with Crippen LogP contribution in [0.5, 0.6) is 0 Å². The van der Waals surface area contributed by atoms with Gasteiger partial charge in [-0.1, -0.05) is 0 Å². The van der Waals surface area contributed by atoms with E-state index in [1.165, 1.54) is 0 Å². The summed E-state index contributed by atoms with van der Waals surface area (Å²) >= 11 is 0. The van der Waals surface area contributed by atoms with Crippen LogP contribution >= 0.6 is 0 Å². The van der Waals surface area contributed by atoms with Gasteiger partial charge in [-0.2, -0.15) is 0 Å². The first-order valence-electron chi connectivity index (χ1n) is 4.17. The van der Waals surface area contributed by atoms with E-state index in [4.69, 9.17) is 5.11 Å². The van der Waals surface area contributed by atoms with E-state index in [1.54, 1.807) is 0 Å². The molecule has 0 saturated carbocycles. The molecule has 4 N–H and O–H groups in total. The molecule has 12 heavy (non-hydrogen) atoms. The van der Waals surface area contributed by atoms with Gasteiger partial charge in [0.2, 0.25) is 5.91 Å². The number of hydrogen-bond acceptors (Lipinski definition) is 4. The van der Waals surface area contributed by atoms with Crippen LogP contribution in [0.2, 0.25) is 0 Å². The molecule has 0 aliphatic carbocycles. The fraction of sp³-hybridized carbons (Fsp3) is 0.857. The molecule has 70 valence electrons. The predicted octanol–water partition coefficient (Wildman–Crippen LogP) is -2.34. The van der Waals surface area contributed by atoms with Crippen LogP contribution in [0.3, 0.4) is 0 Å². The van der Waals surface area contributed by atoms with E-state index < -0.39 is 0 Å². The maximum Gasteiger partial charge on any atom is 0.238 e. The fourth-order valence-electron chi connectivity index (χ4n) is 1.14. The lowest BCUT2D eigenvalue weighted by Crippen LogP contribution is -2.55. The number of carbonyl (C=O) groups excluding carboxylic acids is 1. The van der Waals surface area contributed by atoms with Gasteiger partial charge in [0.25, 0.3) is 0 Å². The zero-order chi connectivity index (χ0) is 8.81. The van der Waals surface area contributed by atoms with Crippen molar-refractivity contribution in [2.45, 2.75) is 6.04 Å². The molecule has 1 heterocycles. The molecule has 5 heteroatoms. The second-order valence-electron chi connectivity index (χ2n) is 2.73. The van der Waals surface area contributed by atoms with Gasteiger partial charge in [-0.05, 0) is 0 Å². The molecule has 0 unspecified atom stereocenters. The number of hydrogen-bond donors (Lipinski definition) is 4. The third kappa shape index (κ3) is 2.77. The molecular weight excluding hydrogens is 158 g/mol. The summed E-state index contributed by atoms with van der Waals surface area (Å²) in [7, 11) is 0. The van der Waals surface area contributed by atoms with Crippen LogP contribution in [-0.4, -0.2) is 49.8 Å². The van der Waals surface area contributed by atoms with Gasteiger partial charge < -0.3 is 21.1 Å². The van der Waals surface area contributed by atoms with Crippen LogP contribution in [0.15, 0.2) is 0 Å². The summed E-state index contributed by atoms with van der Waals surface area (Å²) in [5.74, 6) is -0.0451. The first-order valence-corrected chi connectivity index (χ1v) is 4.17. The van der Waals surface area contributed by atoms with E-state index in [1.807, 2.05) is 0 Å². The third-order valence-electron chi connectivity index (χ3n) is 1.77. The molecule has 1 aliphatic heterocycles. The van der Waals surface area contributed by atoms with Crippen molar-refractivity contribution in [1.29, 1.82) is 0 Å². The van der Waals surface area contributed by atoms with Crippen LogP contribution in [0.1, 0.15) is 0 Å². The van der Waals surface area contributed by atoms with E-state index in [0.29, 0.717) is 13.1 Å². The van der Waals surface area contributed by atoms with E-state index in [2.05, 4.69) is 16.0 Å². The molecule has 1 saturated heterocycles. The molecule has 1 aliphatic rings. The maximum absolute atomic E-state index is 11.2. The Balaban J connectivity index is 2.20. The van der Waals surface area contributed by atoms with Crippen molar-refractivity contribution in [2.24, 2.45) is 0 Å². The molecule has 0 aromatic carbocycles. The van der Waals surface area contributed by atoms with Crippen molar-refractivity contribution in [1.82, 2.24) is 16.0 Å². The van der Waals surface area contributed by atoms with Crippen LogP contribution in [0, 0.1) is 0 Å². The molecule has 1 fully saturated rings. The molecule has 0 spiro atoms. The number of aliphatic hydroxyl groups is 1. The highest BCUT2D eigenvalue weighted by Crippen LogP contribution is 1.86. The quantitative estimate of drug-likeness (QED) is 0.386. The van der Waals surface area contributed by atoms with E-state index in [0.717, 1.165) is 13.1 Å². The summed E-state index contributed by atoms with van der Waals surface area (Å²) in [6.45, 7) is 2.71. The van der Waals surface area contributed by atoms with Gasteiger partial charge in [0.1, 0.15) is 0 Å². The molecular formula is C7H15N3O2. The minimum atomic E-state index is -0.148. The molecule has 0 radical (unpaired) electrons. The molecule has 5 nitrogen and oxygen atoms in total. The lowest BCUT2D eigenvalue weighted by molar-refractivity contribution is -0.123. The summed E-state index contributed by atoms with van der Waals surface area (Å²) in [4.78, 5) is 11.2. The summed E-state index contributed by atoms with van der Waals surface area (Å²) in [6, 6.07) is -0.148. The first kappa shape index (κ1) is 9.44. The second kappa shape index (κ2) is 5.08. The number of piperazine rings is 1. The first-order chi connectivity index (χ1) is 5.84. The number of carbonyl (C=O) groups is 1. The summed E-state index contributed by atoms with van der Waals surface area (Å²) < 4.78 is 0. The Morgan fingerprint density at radius 1 is 1.58 bits per heavy atom. The summed E-state index contributed by atoms with van der Waals surface area (Å²) in [5.41, 5.74) is 0. The smallest absolute Gasteiger partial charge is 0.238 e. The highest BCUT2D eigenvalue weighted by Gasteiger charge is 2.18. The van der Waals surface area contributed by atoms with Crippen LogP contribution < -0.4 is 16.0 Å². The predicted molar refractivity (Wildman–Crippen MR) is 44.8 cm³/mol. The highest BCUT2D eigenvalue weighted by atomic mass is 16.3. The van der Waals surface area contributed by atoms with Crippen molar-refractivity contribution in [3.05, 3.63) is 0 Å². The number of rotatable bonds is 3. The molecule has 0 aromatic heterocycles. The normalized spacial score (nSPS) is 23.6. The highest BCUT2D eigenvalue weighted by molar-refractivity contribution is 5.82. The average Bonchev–Trinajstić information content (AvgIpc) is 2.15. The van der Waals surface area contributed by atoms with Gasteiger partial charge >= 0.3 is 0 Å². The number of nitrogens with one attached hydrogen (secondary N) is 3.